The summed E-state index contributed by atoms with van der Waals surface area (Å²) in [6, 6.07) is 11.4. The molecule has 0 bridgehead atoms. The summed E-state index contributed by atoms with van der Waals surface area (Å²) in [6.07, 6.45) is 6.18. The van der Waals surface area contributed by atoms with Crippen LogP contribution in [0, 0.1) is 18.8 Å². The minimum atomic E-state index is -4.44. The van der Waals surface area contributed by atoms with E-state index in [9.17, 15) is 18.0 Å². The van der Waals surface area contributed by atoms with Crippen LogP contribution in [0.25, 0.3) is 0 Å². The molecule has 0 radical (unpaired) electrons. The van der Waals surface area contributed by atoms with Crippen LogP contribution in [0.4, 0.5) is 18.9 Å². The summed E-state index contributed by atoms with van der Waals surface area (Å²) in [6.45, 7) is 3.29. The number of ether oxygens (including phenoxy) is 1. The number of anilines is 1. The number of alkyl halides is 3. The number of hydrogen-bond acceptors (Lipinski definition) is 4. The van der Waals surface area contributed by atoms with E-state index in [4.69, 9.17) is 10.5 Å². The monoisotopic (exact) mass is 539 g/mol. The maximum absolute atomic E-state index is 13.7. The van der Waals surface area contributed by atoms with Crippen molar-refractivity contribution < 1.29 is 22.7 Å². The van der Waals surface area contributed by atoms with Gasteiger partial charge < -0.3 is 20.7 Å². The summed E-state index contributed by atoms with van der Waals surface area (Å²) in [5, 5.41) is 3.56. The molecular formula is C31H36F3N3O2. The third-order valence-corrected chi connectivity index (χ3v) is 8.14. The number of fused-ring (bicyclic) bond motifs is 3. The molecule has 208 valence electrons. The number of allylic oxidation sites excluding steroid dienone is 3. The van der Waals surface area contributed by atoms with Crippen molar-refractivity contribution in [1.29, 1.82) is 0 Å². The molecule has 5 nitrogen and oxygen atoms in total. The molecule has 2 aromatic carbocycles. The Labute approximate surface area is 227 Å². The minimum absolute atomic E-state index is 0.0173. The van der Waals surface area contributed by atoms with Gasteiger partial charge in [0.2, 0.25) is 0 Å². The fraction of sp³-hybridized carbons (Fsp3) is 0.452. The zero-order valence-electron chi connectivity index (χ0n) is 22.2. The van der Waals surface area contributed by atoms with E-state index in [1.807, 2.05) is 43.3 Å². The first kappa shape index (κ1) is 27.5. The van der Waals surface area contributed by atoms with Crippen molar-refractivity contribution in [2.24, 2.45) is 17.6 Å². The highest BCUT2D eigenvalue weighted by Crippen LogP contribution is 2.49. The number of benzene rings is 2. The Balaban J connectivity index is 1.41. The second-order valence-electron chi connectivity index (χ2n) is 10.9. The molecule has 1 amide bonds. The Morgan fingerprint density at radius 3 is 2.62 bits per heavy atom. The Kier molecular flexibility index (Phi) is 8.14. The summed E-state index contributed by atoms with van der Waals surface area (Å²) in [4.78, 5) is 15.2. The van der Waals surface area contributed by atoms with E-state index in [1.165, 1.54) is 12.1 Å². The number of hydrogen-bond donors (Lipinski definition) is 2. The van der Waals surface area contributed by atoms with Gasteiger partial charge in [-0.25, -0.2) is 0 Å². The Bertz CT molecular complexity index is 1220. The Morgan fingerprint density at radius 1 is 1.13 bits per heavy atom. The topological polar surface area (TPSA) is 67.6 Å². The number of nitrogens with zero attached hydrogens (tertiary/aromatic N) is 1. The molecule has 0 saturated carbocycles. The van der Waals surface area contributed by atoms with E-state index < -0.39 is 17.8 Å². The standard InChI is InChI=1S/C31H36F3N3O2/c1-20-8-10-22(11-9-20)30(38)37(17-5-16-35)19-24-13-14-25-28(21-6-3-2-4-7-21)36-27-15-12-23(31(32,33)34)18-26(27)29(25)39-24/h2-4,6,8-12,15,18,21,24-25,28-29,36H,5,7,13-14,16-17,19,35H2,1H3/t21?,24-,25+,28+,29+/m1/s1. The van der Waals surface area contributed by atoms with Crippen LogP contribution in [0.1, 0.15) is 58.8 Å². The van der Waals surface area contributed by atoms with Gasteiger partial charge in [0.1, 0.15) is 0 Å². The average molecular weight is 540 g/mol. The summed E-state index contributed by atoms with van der Waals surface area (Å²) < 4.78 is 47.6. The average Bonchev–Trinajstić information content (AvgIpc) is 2.94. The first-order valence-corrected chi connectivity index (χ1v) is 13.8. The maximum Gasteiger partial charge on any atom is 0.416 e. The van der Waals surface area contributed by atoms with Crippen LogP contribution in [0.15, 0.2) is 66.8 Å². The Morgan fingerprint density at radius 2 is 1.92 bits per heavy atom. The normalized spacial score (nSPS) is 25.9. The van der Waals surface area contributed by atoms with E-state index in [2.05, 4.69) is 17.5 Å². The van der Waals surface area contributed by atoms with E-state index in [0.29, 0.717) is 42.9 Å². The third-order valence-electron chi connectivity index (χ3n) is 8.14. The van der Waals surface area contributed by atoms with Crippen LogP contribution in [-0.4, -0.2) is 42.6 Å². The highest BCUT2D eigenvalue weighted by atomic mass is 19.4. The molecule has 5 atom stereocenters. The maximum atomic E-state index is 13.7. The zero-order valence-corrected chi connectivity index (χ0v) is 22.2. The van der Waals surface area contributed by atoms with Gasteiger partial charge in [-0.05, 0) is 69.5 Å². The van der Waals surface area contributed by atoms with Crippen LogP contribution < -0.4 is 11.1 Å². The van der Waals surface area contributed by atoms with Crippen LogP contribution >= 0.6 is 0 Å². The van der Waals surface area contributed by atoms with Crippen LogP contribution in [0.2, 0.25) is 0 Å². The first-order chi connectivity index (χ1) is 18.7. The summed E-state index contributed by atoms with van der Waals surface area (Å²) in [5.74, 6) is 0.155. The predicted octanol–water partition coefficient (Wildman–Crippen LogP) is 6.27. The van der Waals surface area contributed by atoms with Gasteiger partial charge in [-0.1, -0.05) is 42.0 Å². The lowest BCUT2D eigenvalue weighted by Gasteiger charge is -2.48. The van der Waals surface area contributed by atoms with E-state index in [1.54, 1.807) is 4.90 Å². The first-order valence-electron chi connectivity index (χ1n) is 13.8. The molecule has 5 rings (SSSR count). The van der Waals surface area contributed by atoms with E-state index in [0.717, 1.165) is 30.9 Å². The number of aryl methyl sites for hydroxylation is 1. The second-order valence-corrected chi connectivity index (χ2v) is 10.9. The fourth-order valence-corrected chi connectivity index (χ4v) is 6.08. The molecule has 3 aliphatic rings. The van der Waals surface area contributed by atoms with Gasteiger partial charge in [-0.3, -0.25) is 4.79 Å². The molecule has 2 aliphatic heterocycles. The molecule has 0 aromatic heterocycles. The number of halogens is 3. The van der Waals surface area contributed by atoms with Crippen molar-refractivity contribution in [3.8, 4) is 0 Å². The van der Waals surface area contributed by atoms with E-state index >= 15 is 0 Å². The third kappa shape index (κ3) is 6.07. The SMILES string of the molecule is Cc1ccc(C(=O)N(CCCN)C[C@H]2CC[C@@H]3[C@H](O2)c2cc(C(F)(F)F)ccc2N[C@H]3C2C=CC=CC2)cc1. The summed E-state index contributed by atoms with van der Waals surface area (Å²) in [5.41, 5.74) is 8.00. The fourth-order valence-electron chi connectivity index (χ4n) is 6.08. The number of amides is 1. The number of rotatable bonds is 7. The molecule has 2 aromatic rings. The van der Waals surface area contributed by atoms with Gasteiger partial charge in [0.25, 0.3) is 5.91 Å². The molecule has 3 N–H and O–H groups in total. The van der Waals surface area contributed by atoms with Crippen molar-refractivity contribution in [3.63, 3.8) is 0 Å². The van der Waals surface area contributed by atoms with Crippen molar-refractivity contribution >= 4 is 11.6 Å². The molecule has 39 heavy (non-hydrogen) atoms. The second kappa shape index (κ2) is 11.6. The number of nitrogens with one attached hydrogen (secondary N) is 1. The molecule has 1 unspecified atom stereocenters. The molecule has 1 aliphatic carbocycles. The minimum Gasteiger partial charge on any atom is -0.381 e. The number of nitrogens with two attached hydrogens (primary N) is 1. The van der Waals surface area contributed by atoms with Crippen LogP contribution in [0.3, 0.4) is 0 Å². The highest BCUT2D eigenvalue weighted by Gasteiger charge is 2.45. The summed E-state index contributed by atoms with van der Waals surface area (Å²) >= 11 is 0. The van der Waals surface area contributed by atoms with Gasteiger partial charge in [0.15, 0.2) is 0 Å². The zero-order chi connectivity index (χ0) is 27.6. The van der Waals surface area contributed by atoms with Crippen LogP contribution in [-0.2, 0) is 10.9 Å². The predicted molar refractivity (Wildman–Crippen MR) is 146 cm³/mol. The quantitative estimate of drug-likeness (QED) is 0.435. The van der Waals surface area contributed by atoms with Gasteiger partial charge >= 0.3 is 6.18 Å². The number of carbonyl (C=O) groups is 1. The van der Waals surface area contributed by atoms with Crippen molar-refractivity contribution in [3.05, 3.63) is 89.0 Å². The van der Waals surface area contributed by atoms with Gasteiger partial charge in [0.05, 0.1) is 17.8 Å². The van der Waals surface area contributed by atoms with Gasteiger partial charge in [0, 0.05) is 47.8 Å². The van der Waals surface area contributed by atoms with Gasteiger partial charge in [-0.2, -0.15) is 13.2 Å². The van der Waals surface area contributed by atoms with Crippen LogP contribution in [0.5, 0.6) is 0 Å². The molecule has 1 saturated heterocycles. The van der Waals surface area contributed by atoms with Crippen molar-refractivity contribution in [2.45, 2.75) is 57.0 Å². The van der Waals surface area contributed by atoms with Crippen molar-refractivity contribution in [1.82, 2.24) is 4.90 Å². The summed E-state index contributed by atoms with van der Waals surface area (Å²) in [7, 11) is 0. The lowest BCUT2D eigenvalue weighted by Crippen LogP contribution is -2.49. The molecule has 1 fully saturated rings. The van der Waals surface area contributed by atoms with Crippen molar-refractivity contribution in [2.75, 3.05) is 25.0 Å². The van der Waals surface area contributed by atoms with Gasteiger partial charge in [-0.15, -0.1) is 0 Å². The van der Waals surface area contributed by atoms with E-state index in [-0.39, 0.29) is 29.9 Å². The lowest BCUT2D eigenvalue weighted by atomic mass is 9.73. The molecular weight excluding hydrogens is 503 g/mol. The smallest absolute Gasteiger partial charge is 0.381 e. The molecule has 0 spiro atoms. The Hall–Kier alpha value is -3.10. The highest BCUT2D eigenvalue weighted by molar-refractivity contribution is 5.94. The molecule has 8 heteroatoms. The largest absolute Gasteiger partial charge is 0.416 e. The molecule has 2 heterocycles. The number of carbonyl (C=O) groups excluding carboxylic acids is 1. The lowest BCUT2D eigenvalue weighted by molar-refractivity contribution is -0.138.